The number of carbonyl (C=O) groups is 1. The van der Waals surface area contributed by atoms with Crippen LogP contribution in [-0.4, -0.2) is 20.5 Å². The number of aryl methyl sites for hydroxylation is 1. The van der Waals surface area contributed by atoms with E-state index in [-0.39, 0.29) is 5.78 Å². The Morgan fingerprint density at radius 1 is 1.67 bits per heavy atom. The van der Waals surface area contributed by atoms with Crippen LogP contribution < -0.4 is 0 Å². The summed E-state index contributed by atoms with van der Waals surface area (Å²) in [5.41, 5.74) is 3.03. The molecule has 0 aliphatic heterocycles. The quantitative estimate of drug-likeness (QED) is 0.622. The zero-order valence-electron chi connectivity index (χ0n) is 6.74. The van der Waals surface area contributed by atoms with Gasteiger partial charge in [0.2, 0.25) is 0 Å². The maximum absolute atomic E-state index is 11.1. The van der Waals surface area contributed by atoms with Crippen molar-refractivity contribution in [1.82, 2.24) is 14.8 Å². The Bertz CT molecular complexity index is 442. The van der Waals surface area contributed by atoms with Gasteiger partial charge in [0.25, 0.3) is 0 Å². The van der Waals surface area contributed by atoms with Crippen molar-refractivity contribution in [1.29, 1.82) is 0 Å². The van der Waals surface area contributed by atoms with Gasteiger partial charge in [0.15, 0.2) is 11.4 Å². The molecule has 2 heterocycles. The van der Waals surface area contributed by atoms with Crippen LogP contribution in [0.1, 0.15) is 17.4 Å². The highest BCUT2D eigenvalue weighted by molar-refractivity contribution is 7.17. The molecule has 62 valence electrons. The first-order chi connectivity index (χ1) is 5.70. The number of carbonyl (C=O) groups excluding carboxylic acids is 1. The molecule has 0 radical (unpaired) electrons. The molecule has 0 aliphatic carbocycles. The van der Waals surface area contributed by atoms with E-state index in [0.29, 0.717) is 5.69 Å². The molecule has 0 bridgehead atoms. The molecular formula is C7H7N3OS. The molecule has 2 aromatic rings. The predicted molar refractivity (Wildman–Crippen MR) is 46.4 cm³/mol. The maximum Gasteiger partial charge on any atom is 0.181 e. The minimum Gasteiger partial charge on any atom is -0.293 e. The highest BCUT2D eigenvalue weighted by atomic mass is 32.1. The van der Waals surface area contributed by atoms with Gasteiger partial charge in [-0.15, -0.1) is 11.3 Å². The molecule has 4 nitrogen and oxygen atoms in total. The fourth-order valence-corrected chi connectivity index (χ4v) is 1.95. The third kappa shape index (κ3) is 0.863. The molecule has 0 spiro atoms. The minimum atomic E-state index is -0.00940. The van der Waals surface area contributed by atoms with Gasteiger partial charge < -0.3 is 0 Å². The van der Waals surface area contributed by atoms with Crippen molar-refractivity contribution in [3.63, 3.8) is 0 Å². The van der Waals surface area contributed by atoms with E-state index >= 15 is 0 Å². The smallest absolute Gasteiger partial charge is 0.181 e. The van der Waals surface area contributed by atoms with Gasteiger partial charge in [-0.25, -0.2) is 9.67 Å². The van der Waals surface area contributed by atoms with Crippen LogP contribution in [0.5, 0.6) is 0 Å². The summed E-state index contributed by atoms with van der Waals surface area (Å²) in [6, 6.07) is 0. The first-order valence-electron chi connectivity index (χ1n) is 3.47. The van der Waals surface area contributed by atoms with E-state index in [1.54, 1.807) is 17.2 Å². The molecule has 2 rings (SSSR count). The molecule has 0 atom stereocenters. The molecular weight excluding hydrogens is 174 g/mol. The average Bonchev–Trinajstić information content (AvgIpc) is 2.53. The van der Waals surface area contributed by atoms with Gasteiger partial charge in [0.1, 0.15) is 10.4 Å². The van der Waals surface area contributed by atoms with Gasteiger partial charge in [0.05, 0.1) is 5.51 Å². The third-order valence-corrected chi connectivity index (χ3v) is 2.48. The highest BCUT2D eigenvalue weighted by Gasteiger charge is 2.13. The minimum absolute atomic E-state index is 0.00940. The SMILES string of the molecule is CC(=O)c1nn(C)c2ncsc12. The lowest BCUT2D eigenvalue weighted by Gasteiger charge is -1.85. The predicted octanol–water partition coefficient (Wildman–Crippen LogP) is 1.23. The first-order valence-corrected chi connectivity index (χ1v) is 4.35. The molecule has 0 aliphatic rings. The number of fused-ring (bicyclic) bond motifs is 1. The van der Waals surface area contributed by atoms with Crippen molar-refractivity contribution >= 4 is 27.5 Å². The third-order valence-electron chi connectivity index (χ3n) is 1.65. The van der Waals surface area contributed by atoms with E-state index in [9.17, 15) is 4.79 Å². The number of aromatic nitrogens is 3. The molecule has 0 unspecified atom stereocenters. The van der Waals surface area contributed by atoms with E-state index in [1.807, 2.05) is 0 Å². The van der Waals surface area contributed by atoms with Crippen molar-refractivity contribution < 1.29 is 4.79 Å². The zero-order chi connectivity index (χ0) is 8.72. The molecule has 0 saturated heterocycles. The maximum atomic E-state index is 11.1. The number of nitrogens with zero attached hydrogens (tertiary/aromatic N) is 3. The van der Waals surface area contributed by atoms with Crippen molar-refractivity contribution in [2.75, 3.05) is 0 Å². The zero-order valence-corrected chi connectivity index (χ0v) is 7.55. The lowest BCUT2D eigenvalue weighted by atomic mass is 10.3. The van der Waals surface area contributed by atoms with Crippen molar-refractivity contribution in [2.45, 2.75) is 6.92 Å². The Morgan fingerprint density at radius 2 is 2.42 bits per heavy atom. The van der Waals surface area contributed by atoms with Crippen LogP contribution in [-0.2, 0) is 7.05 Å². The number of hydrogen-bond acceptors (Lipinski definition) is 4. The second-order valence-electron chi connectivity index (χ2n) is 2.53. The van der Waals surface area contributed by atoms with Crippen LogP contribution in [0, 0.1) is 0 Å². The van der Waals surface area contributed by atoms with Gasteiger partial charge in [0, 0.05) is 14.0 Å². The topological polar surface area (TPSA) is 47.8 Å². The number of ketones is 1. The van der Waals surface area contributed by atoms with Crippen molar-refractivity contribution in [2.24, 2.45) is 7.05 Å². The number of rotatable bonds is 1. The van der Waals surface area contributed by atoms with Crippen LogP contribution in [0.3, 0.4) is 0 Å². The standard InChI is InChI=1S/C7H7N3OS/c1-4(11)5-6-7(8-3-12-6)10(2)9-5/h3H,1-2H3. The molecule has 0 amide bonds. The summed E-state index contributed by atoms with van der Waals surface area (Å²) in [6.45, 7) is 1.52. The molecule has 5 heteroatoms. The largest absolute Gasteiger partial charge is 0.293 e. The summed E-state index contributed by atoms with van der Waals surface area (Å²) >= 11 is 1.45. The Kier molecular flexibility index (Phi) is 1.47. The summed E-state index contributed by atoms with van der Waals surface area (Å²) < 4.78 is 2.51. The van der Waals surface area contributed by atoms with Crippen LogP contribution >= 0.6 is 11.3 Å². The summed E-state index contributed by atoms with van der Waals surface area (Å²) in [6.07, 6.45) is 0. The Labute approximate surface area is 72.8 Å². The van der Waals surface area contributed by atoms with Crippen LogP contribution in [0.15, 0.2) is 5.51 Å². The number of Topliss-reactive ketones (excluding diaryl/α,β-unsaturated/α-hetero) is 1. The van der Waals surface area contributed by atoms with Gasteiger partial charge in [-0.2, -0.15) is 5.10 Å². The first kappa shape index (κ1) is 7.42. The normalized spacial score (nSPS) is 10.8. The Balaban J connectivity index is 2.83. The second-order valence-corrected chi connectivity index (χ2v) is 3.39. The lowest BCUT2D eigenvalue weighted by Crippen LogP contribution is -1.96. The van der Waals surface area contributed by atoms with Crippen molar-refractivity contribution in [3.8, 4) is 0 Å². The lowest BCUT2D eigenvalue weighted by molar-refractivity contribution is 0.101. The van der Waals surface area contributed by atoms with Gasteiger partial charge >= 0.3 is 0 Å². The van der Waals surface area contributed by atoms with Crippen LogP contribution in [0.2, 0.25) is 0 Å². The molecule has 0 aromatic carbocycles. The monoisotopic (exact) mass is 181 g/mol. The highest BCUT2D eigenvalue weighted by Crippen LogP contribution is 2.21. The van der Waals surface area contributed by atoms with E-state index < -0.39 is 0 Å². The summed E-state index contributed by atoms with van der Waals surface area (Å²) in [5, 5.41) is 4.06. The Hall–Kier alpha value is -1.23. The van der Waals surface area contributed by atoms with Crippen LogP contribution in [0.4, 0.5) is 0 Å². The van der Waals surface area contributed by atoms with E-state index in [2.05, 4.69) is 10.1 Å². The fraction of sp³-hybridized carbons (Fsp3) is 0.286. The summed E-state index contributed by atoms with van der Waals surface area (Å²) in [4.78, 5) is 15.2. The average molecular weight is 181 g/mol. The molecule has 0 N–H and O–H groups in total. The molecule has 0 saturated carbocycles. The summed E-state index contributed by atoms with van der Waals surface area (Å²) in [5.74, 6) is -0.00940. The molecule has 2 aromatic heterocycles. The molecule has 0 fully saturated rings. The molecule has 12 heavy (non-hydrogen) atoms. The van der Waals surface area contributed by atoms with Gasteiger partial charge in [-0.05, 0) is 0 Å². The second kappa shape index (κ2) is 2.38. The number of hydrogen-bond donors (Lipinski definition) is 0. The van der Waals surface area contributed by atoms with Crippen molar-refractivity contribution in [3.05, 3.63) is 11.2 Å². The number of thiazole rings is 1. The summed E-state index contributed by atoms with van der Waals surface area (Å²) in [7, 11) is 1.79. The fourth-order valence-electron chi connectivity index (χ4n) is 1.11. The van der Waals surface area contributed by atoms with Gasteiger partial charge in [-0.1, -0.05) is 0 Å². The van der Waals surface area contributed by atoms with Gasteiger partial charge in [-0.3, -0.25) is 4.79 Å². The van der Waals surface area contributed by atoms with E-state index in [1.165, 1.54) is 18.3 Å². The van der Waals surface area contributed by atoms with E-state index in [0.717, 1.165) is 10.3 Å². The van der Waals surface area contributed by atoms with Crippen LogP contribution in [0.25, 0.3) is 10.3 Å². The van der Waals surface area contributed by atoms with E-state index in [4.69, 9.17) is 0 Å². The Morgan fingerprint density at radius 3 is 3.08 bits per heavy atom.